The van der Waals surface area contributed by atoms with Crippen LogP contribution >= 0.6 is 0 Å². The van der Waals surface area contributed by atoms with Crippen molar-refractivity contribution in [1.82, 2.24) is 25.8 Å². The van der Waals surface area contributed by atoms with Crippen molar-refractivity contribution in [2.24, 2.45) is 0 Å². The maximum Gasteiger partial charge on any atom is 0.321 e. The molecule has 1 saturated carbocycles. The zero-order valence-electron chi connectivity index (χ0n) is 19.4. The number of nitrogens with one attached hydrogen (secondary N) is 4. The van der Waals surface area contributed by atoms with E-state index in [0.29, 0.717) is 25.2 Å². The minimum Gasteiger partial charge on any atom is -0.354 e. The van der Waals surface area contributed by atoms with Gasteiger partial charge in [0.2, 0.25) is 11.8 Å². The first-order valence-corrected chi connectivity index (χ1v) is 12.3. The van der Waals surface area contributed by atoms with Crippen LogP contribution in [0, 0.1) is 0 Å². The van der Waals surface area contributed by atoms with E-state index in [-0.39, 0.29) is 37.1 Å². The number of carbonyl (C=O) groups excluding carboxylic acids is 4. The number of piperazine rings is 1. The predicted octanol–water partition coefficient (Wildman–Crippen LogP) is 1.64. The molecule has 2 aliphatic heterocycles. The summed E-state index contributed by atoms with van der Waals surface area (Å²) in [6.45, 7) is 1.19. The zero-order chi connectivity index (χ0) is 23.9. The highest BCUT2D eigenvalue weighted by Crippen LogP contribution is 2.19. The van der Waals surface area contributed by atoms with Gasteiger partial charge in [-0.25, -0.2) is 9.59 Å². The van der Waals surface area contributed by atoms with Crippen molar-refractivity contribution in [1.29, 1.82) is 0 Å². The Balaban J connectivity index is 1.45. The maximum absolute atomic E-state index is 13.3. The topological polar surface area (TPSA) is 123 Å². The minimum absolute atomic E-state index is 0.0525. The molecule has 3 aliphatic rings. The van der Waals surface area contributed by atoms with E-state index in [4.69, 9.17) is 0 Å². The highest BCUT2D eigenvalue weighted by atomic mass is 16.2. The lowest BCUT2D eigenvalue weighted by Crippen LogP contribution is -2.65. The number of carbonyl (C=O) groups is 4. The summed E-state index contributed by atoms with van der Waals surface area (Å²) in [6, 6.07) is 7.08. The number of para-hydroxylation sites is 1. The number of piperidine rings is 1. The second-order valence-electron chi connectivity index (χ2n) is 9.23. The third kappa shape index (κ3) is 5.98. The van der Waals surface area contributed by atoms with Gasteiger partial charge < -0.3 is 31.1 Å². The summed E-state index contributed by atoms with van der Waals surface area (Å²) >= 11 is 0. The Morgan fingerprint density at radius 3 is 2.38 bits per heavy atom. The number of urea groups is 2. The lowest BCUT2D eigenvalue weighted by molar-refractivity contribution is -0.133. The van der Waals surface area contributed by atoms with Crippen LogP contribution in [0.3, 0.4) is 0 Å². The van der Waals surface area contributed by atoms with Crippen molar-refractivity contribution in [3.05, 3.63) is 30.3 Å². The second-order valence-corrected chi connectivity index (χ2v) is 9.23. The number of hydrogen-bond donors (Lipinski definition) is 4. The monoisotopic (exact) mass is 470 g/mol. The Bertz CT molecular complexity index is 889. The zero-order valence-corrected chi connectivity index (χ0v) is 19.4. The van der Waals surface area contributed by atoms with Gasteiger partial charge in [-0.2, -0.15) is 0 Å². The summed E-state index contributed by atoms with van der Waals surface area (Å²) in [5, 5.41) is 11.5. The van der Waals surface area contributed by atoms with Gasteiger partial charge in [0, 0.05) is 31.4 Å². The van der Waals surface area contributed by atoms with Crippen LogP contribution in [0.4, 0.5) is 15.3 Å². The van der Waals surface area contributed by atoms with Gasteiger partial charge in [0.05, 0.1) is 6.54 Å². The molecule has 34 heavy (non-hydrogen) atoms. The Morgan fingerprint density at radius 2 is 1.65 bits per heavy atom. The SMILES string of the molecule is O=C1NCCCC1NC(=O)C1CN(C(=O)Nc2ccccc2)CCN1C(=O)NC1CCCCC1. The van der Waals surface area contributed by atoms with E-state index in [1.807, 2.05) is 18.2 Å². The van der Waals surface area contributed by atoms with Gasteiger partial charge in [0.25, 0.3) is 0 Å². The third-order valence-electron chi connectivity index (χ3n) is 6.79. The van der Waals surface area contributed by atoms with E-state index in [1.54, 1.807) is 17.0 Å². The van der Waals surface area contributed by atoms with Crippen LogP contribution in [-0.2, 0) is 9.59 Å². The van der Waals surface area contributed by atoms with Gasteiger partial charge >= 0.3 is 12.1 Å². The van der Waals surface area contributed by atoms with Crippen molar-refractivity contribution in [3.63, 3.8) is 0 Å². The Morgan fingerprint density at radius 1 is 0.882 bits per heavy atom. The quantitative estimate of drug-likeness (QED) is 0.534. The van der Waals surface area contributed by atoms with Crippen molar-refractivity contribution in [2.75, 3.05) is 31.5 Å². The molecule has 4 N–H and O–H groups in total. The molecule has 10 heteroatoms. The third-order valence-corrected chi connectivity index (χ3v) is 6.79. The number of rotatable bonds is 4. The number of amides is 6. The van der Waals surface area contributed by atoms with Gasteiger partial charge in [-0.3, -0.25) is 9.59 Å². The first-order chi connectivity index (χ1) is 16.5. The number of nitrogens with zero attached hydrogens (tertiary/aromatic N) is 2. The summed E-state index contributed by atoms with van der Waals surface area (Å²) in [6.07, 6.45) is 6.54. The first kappa shape index (κ1) is 23.8. The molecular weight excluding hydrogens is 436 g/mol. The highest BCUT2D eigenvalue weighted by molar-refractivity contribution is 5.94. The number of anilines is 1. The molecule has 0 radical (unpaired) electrons. The molecule has 0 aromatic heterocycles. The molecule has 3 fully saturated rings. The summed E-state index contributed by atoms with van der Waals surface area (Å²) in [4.78, 5) is 54.5. The van der Waals surface area contributed by atoms with Gasteiger partial charge in [-0.05, 0) is 37.8 Å². The summed E-state index contributed by atoms with van der Waals surface area (Å²) < 4.78 is 0. The van der Waals surface area contributed by atoms with E-state index in [2.05, 4.69) is 21.3 Å². The Hall–Kier alpha value is -3.30. The minimum atomic E-state index is -0.881. The lowest BCUT2D eigenvalue weighted by Gasteiger charge is -2.41. The molecule has 184 valence electrons. The van der Waals surface area contributed by atoms with E-state index in [1.165, 1.54) is 11.3 Å². The van der Waals surface area contributed by atoms with E-state index < -0.39 is 18.0 Å². The fraction of sp³-hybridized carbons (Fsp3) is 0.583. The average molecular weight is 471 g/mol. The van der Waals surface area contributed by atoms with E-state index in [9.17, 15) is 19.2 Å². The summed E-state index contributed by atoms with van der Waals surface area (Å²) in [5.41, 5.74) is 0.657. The second kappa shape index (κ2) is 11.2. The fourth-order valence-electron chi connectivity index (χ4n) is 4.84. The van der Waals surface area contributed by atoms with Crippen LogP contribution in [-0.4, -0.2) is 78.0 Å². The largest absolute Gasteiger partial charge is 0.354 e. The predicted molar refractivity (Wildman–Crippen MR) is 127 cm³/mol. The first-order valence-electron chi connectivity index (χ1n) is 12.3. The van der Waals surface area contributed by atoms with Crippen molar-refractivity contribution in [3.8, 4) is 0 Å². The molecule has 1 aromatic rings. The van der Waals surface area contributed by atoms with Gasteiger partial charge in [-0.1, -0.05) is 37.5 Å². The summed E-state index contributed by atoms with van der Waals surface area (Å²) in [7, 11) is 0. The van der Waals surface area contributed by atoms with Crippen LogP contribution < -0.4 is 21.3 Å². The van der Waals surface area contributed by atoms with E-state index >= 15 is 0 Å². The standard InChI is InChI=1S/C24H34N6O4/c31-21-19(12-7-13-25-21)28-22(32)20-16-29(23(33)26-17-8-3-1-4-9-17)14-15-30(20)24(34)27-18-10-5-2-6-11-18/h1,3-4,8-9,18-20H,2,5-7,10-16H2,(H,25,31)(H,26,33)(H,27,34)(H,28,32). The summed E-state index contributed by atoms with van der Waals surface area (Å²) in [5.74, 6) is -0.634. The average Bonchev–Trinajstić information content (AvgIpc) is 2.86. The number of hydrogen-bond acceptors (Lipinski definition) is 4. The highest BCUT2D eigenvalue weighted by Gasteiger charge is 2.39. The van der Waals surface area contributed by atoms with Crippen molar-refractivity contribution < 1.29 is 19.2 Å². The molecule has 0 spiro atoms. The van der Waals surface area contributed by atoms with Gasteiger partial charge in [0.15, 0.2) is 0 Å². The van der Waals surface area contributed by atoms with Gasteiger partial charge in [-0.15, -0.1) is 0 Å². The van der Waals surface area contributed by atoms with Gasteiger partial charge in [0.1, 0.15) is 12.1 Å². The molecule has 4 rings (SSSR count). The van der Waals surface area contributed by atoms with Crippen LogP contribution in [0.1, 0.15) is 44.9 Å². The van der Waals surface area contributed by atoms with E-state index in [0.717, 1.165) is 32.1 Å². The molecule has 1 aromatic carbocycles. The fourth-order valence-corrected chi connectivity index (χ4v) is 4.84. The number of benzene rings is 1. The molecule has 2 atom stereocenters. The molecule has 2 saturated heterocycles. The molecule has 6 amide bonds. The normalized spacial score (nSPS) is 23.6. The van der Waals surface area contributed by atoms with Crippen LogP contribution in [0.25, 0.3) is 0 Å². The molecule has 10 nitrogen and oxygen atoms in total. The molecule has 1 aliphatic carbocycles. The Labute approximate surface area is 199 Å². The Kier molecular flexibility index (Phi) is 7.87. The van der Waals surface area contributed by atoms with Crippen LogP contribution in [0.5, 0.6) is 0 Å². The van der Waals surface area contributed by atoms with Crippen molar-refractivity contribution >= 4 is 29.6 Å². The van der Waals surface area contributed by atoms with Crippen LogP contribution in [0.15, 0.2) is 30.3 Å². The van der Waals surface area contributed by atoms with Crippen molar-refractivity contribution in [2.45, 2.75) is 63.1 Å². The van der Waals surface area contributed by atoms with Crippen LogP contribution in [0.2, 0.25) is 0 Å². The smallest absolute Gasteiger partial charge is 0.321 e. The molecule has 2 unspecified atom stereocenters. The molecular formula is C24H34N6O4. The lowest BCUT2D eigenvalue weighted by atomic mass is 9.95. The maximum atomic E-state index is 13.3. The molecule has 0 bridgehead atoms. The molecule has 2 heterocycles.